The molecule has 19 heavy (non-hydrogen) atoms. The van der Waals surface area contributed by atoms with Crippen molar-refractivity contribution in [2.75, 3.05) is 6.61 Å². The van der Waals surface area contributed by atoms with Crippen LogP contribution in [0.5, 0.6) is 0 Å². The zero-order valence-corrected chi connectivity index (χ0v) is 11.3. The highest BCUT2D eigenvalue weighted by Crippen LogP contribution is 2.13. The summed E-state index contributed by atoms with van der Waals surface area (Å²) in [6.45, 7) is 2.45. The zero-order valence-electron chi connectivity index (χ0n) is 11.3. The second-order valence-electron chi connectivity index (χ2n) is 4.18. The van der Waals surface area contributed by atoms with Crippen molar-refractivity contribution in [3.63, 3.8) is 0 Å². The monoisotopic (exact) mass is 263 g/mol. The lowest BCUT2D eigenvalue weighted by molar-refractivity contribution is -0.538. The highest BCUT2D eigenvalue weighted by Gasteiger charge is 2.19. The van der Waals surface area contributed by atoms with Gasteiger partial charge >= 0.3 is 5.97 Å². The minimum absolute atomic E-state index is 0.0997. The average Bonchev–Trinajstić information content (AvgIpc) is 2.45. The Kier molecular flexibility index (Phi) is 6.68. The topological polar surface area (TPSA) is 63.1 Å². The van der Waals surface area contributed by atoms with E-state index >= 15 is 0 Å². The number of carbonyl (C=O) groups excluding carboxylic acids is 1. The number of esters is 1. The minimum Gasteiger partial charge on any atom is -0.502 e. The van der Waals surface area contributed by atoms with Gasteiger partial charge in [-0.1, -0.05) is 50.1 Å². The number of ether oxygens (including phenoxy) is 1. The third kappa shape index (κ3) is 4.75. The SMILES string of the molecule is [CH2-][NH2+]/C(C(=O)OCCCCC)=C(/O)c1ccccc1. The average molecular weight is 263 g/mol. The molecule has 0 unspecified atom stereocenters. The molecule has 4 nitrogen and oxygen atoms in total. The van der Waals surface area contributed by atoms with Crippen LogP contribution in [0.2, 0.25) is 0 Å². The summed E-state index contributed by atoms with van der Waals surface area (Å²) in [6, 6.07) is 8.87. The number of benzene rings is 1. The molecule has 0 atom stereocenters. The fourth-order valence-corrected chi connectivity index (χ4v) is 1.62. The molecule has 0 aromatic heterocycles. The van der Waals surface area contributed by atoms with E-state index in [0.29, 0.717) is 12.2 Å². The van der Waals surface area contributed by atoms with Gasteiger partial charge in [-0.25, -0.2) is 4.79 Å². The first-order valence-corrected chi connectivity index (χ1v) is 6.49. The molecule has 0 spiro atoms. The van der Waals surface area contributed by atoms with Gasteiger partial charge in [-0.2, -0.15) is 0 Å². The number of unbranched alkanes of at least 4 members (excludes halogenated alkanes) is 2. The number of aliphatic hydroxyl groups is 1. The fraction of sp³-hybridized carbons (Fsp3) is 0.333. The molecule has 0 fully saturated rings. The summed E-state index contributed by atoms with van der Waals surface area (Å²) in [4.78, 5) is 11.8. The van der Waals surface area contributed by atoms with Gasteiger partial charge in [0.2, 0.25) is 5.70 Å². The lowest BCUT2D eigenvalue weighted by Gasteiger charge is -2.09. The maximum absolute atomic E-state index is 11.8. The second-order valence-corrected chi connectivity index (χ2v) is 4.18. The van der Waals surface area contributed by atoms with E-state index in [1.807, 2.05) is 6.07 Å². The van der Waals surface area contributed by atoms with Gasteiger partial charge in [0.1, 0.15) is 0 Å². The molecule has 0 bridgehead atoms. The summed E-state index contributed by atoms with van der Waals surface area (Å²) >= 11 is 0. The molecule has 0 aliphatic rings. The van der Waals surface area contributed by atoms with Crippen molar-refractivity contribution < 1.29 is 20.0 Å². The fourth-order valence-electron chi connectivity index (χ4n) is 1.62. The lowest BCUT2D eigenvalue weighted by Crippen LogP contribution is -2.77. The van der Waals surface area contributed by atoms with E-state index in [-0.39, 0.29) is 11.5 Å². The van der Waals surface area contributed by atoms with Gasteiger partial charge in [0, 0.05) is 5.56 Å². The van der Waals surface area contributed by atoms with Crippen molar-refractivity contribution >= 4 is 11.7 Å². The van der Waals surface area contributed by atoms with Crippen LogP contribution in [0.3, 0.4) is 0 Å². The van der Waals surface area contributed by atoms with E-state index in [1.165, 1.54) is 5.32 Å². The molecular formula is C15H21NO3. The zero-order chi connectivity index (χ0) is 14.1. The maximum Gasteiger partial charge on any atom is 0.394 e. The molecule has 104 valence electrons. The molecule has 0 aliphatic carbocycles. The number of nitrogens with two attached hydrogens (primary N) is 1. The first-order chi connectivity index (χ1) is 9.20. The summed E-state index contributed by atoms with van der Waals surface area (Å²) in [5.74, 6) is -0.636. The van der Waals surface area contributed by atoms with Crippen LogP contribution in [0.4, 0.5) is 0 Å². The summed E-state index contributed by atoms with van der Waals surface area (Å²) in [5, 5.41) is 11.4. The molecule has 0 saturated heterocycles. The van der Waals surface area contributed by atoms with Crippen molar-refractivity contribution in [1.29, 1.82) is 0 Å². The van der Waals surface area contributed by atoms with E-state index in [4.69, 9.17) is 4.74 Å². The number of hydrogen-bond donors (Lipinski definition) is 2. The highest BCUT2D eigenvalue weighted by molar-refractivity contribution is 5.92. The van der Waals surface area contributed by atoms with Crippen LogP contribution >= 0.6 is 0 Å². The van der Waals surface area contributed by atoms with Crippen LogP contribution in [0.25, 0.3) is 5.76 Å². The molecule has 1 rings (SSSR count). The predicted molar refractivity (Wildman–Crippen MR) is 73.8 cm³/mol. The summed E-state index contributed by atoms with van der Waals surface area (Å²) < 4.78 is 5.11. The third-order valence-corrected chi connectivity index (χ3v) is 2.71. The predicted octanol–water partition coefficient (Wildman–Crippen LogP) is 2.00. The van der Waals surface area contributed by atoms with E-state index in [1.54, 1.807) is 24.3 Å². The number of quaternary nitrogens is 1. The normalized spacial score (nSPS) is 11.9. The van der Waals surface area contributed by atoms with E-state index in [9.17, 15) is 9.90 Å². The second kappa shape index (κ2) is 8.32. The highest BCUT2D eigenvalue weighted by atomic mass is 16.5. The Labute approximate surface area is 114 Å². The maximum atomic E-state index is 11.8. The third-order valence-electron chi connectivity index (χ3n) is 2.71. The minimum atomic E-state index is -0.535. The van der Waals surface area contributed by atoms with Gasteiger partial charge in [0.05, 0.1) is 6.61 Å². The molecule has 3 N–H and O–H groups in total. The summed E-state index contributed by atoms with van der Waals surface area (Å²) in [7, 11) is 3.55. The van der Waals surface area contributed by atoms with Crippen molar-refractivity contribution in [2.24, 2.45) is 0 Å². The Morgan fingerprint density at radius 1 is 1.32 bits per heavy atom. The van der Waals surface area contributed by atoms with Crippen LogP contribution in [0.1, 0.15) is 31.7 Å². The van der Waals surface area contributed by atoms with Crippen molar-refractivity contribution in [1.82, 2.24) is 0 Å². The molecule has 0 aliphatic heterocycles. The van der Waals surface area contributed by atoms with Crippen LogP contribution < -0.4 is 5.32 Å². The molecule has 0 radical (unpaired) electrons. The van der Waals surface area contributed by atoms with Crippen LogP contribution in [-0.4, -0.2) is 17.7 Å². The lowest BCUT2D eigenvalue weighted by atomic mass is 10.1. The molecule has 1 aromatic rings. The van der Waals surface area contributed by atoms with Crippen LogP contribution in [-0.2, 0) is 9.53 Å². The standard InChI is InChI=1S/C15H21NO3/c1-3-4-8-11-19-15(18)13(16-2)14(17)12-9-6-5-7-10-12/h5-7,9-10,17H,2-4,8,11,16H2,1H3/b14-13+. The Hall–Kier alpha value is -1.81. The van der Waals surface area contributed by atoms with Gasteiger partial charge < -0.3 is 15.2 Å². The van der Waals surface area contributed by atoms with Crippen LogP contribution in [0, 0.1) is 7.05 Å². The largest absolute Gasteiger partial charge is 0.502 e. The van der Waals surface area contributed by atoms with Crippen LogP contribution in [0.15, 0.2) is 36.0 Å². The molecule has 0 amide bonds. The Morgan fingerprint density at radius 2 is 2.00 bits per heavy atom. The Bertz CT molecular complexity index is 426. The molecule has 4 heteroatoms. The van der Waals surface area contributed by atoms with Gasteiger partial charge in [-0.3, -0.25) is 0 Å². The number of hydrogen-bond acceptors (Lipinski definition) is 3. The van der Waals surface area contributed by atoms with Gasteiger partial charge in [0.25, 0.3) is 0 Å². The number of carbonyl (C=O) groups is 1. The summed E-state index contributed by atoms with van der Waals surface area (Å²) in [6.07, 6.45) is 2.92. The van der Waals surface area contributed by atoms with E-state index < -0.39 is 5.97 Å². The van der Waals surface area contributed by atoms with E-state index in [0.717, 1.165) is 19.3 Å². The van der Waals surface area contributed by atoms with Gasteiger partial charge in [-0.05, 0) is 6.42 Å². The van der Waals surface area contributed by atoms with Crippen molar-refractivity contribution in [3.05, 3.63) is 48.6 Å². The summed E-state index contributed by atoms with van der Waals surface area (Å²) in [5.41, 5.74) is 0.672. The van der Waals surface area contributed by atoms with Gasteiger partial charge in [-0.15, -0.1) is 7.05 Å². The quantitative estimate of drug-likeness (QED) is 0.260. The molecule has 1 aromatic carbocycles. The number of aliphatic hydroxyl groups excluding tert-OH is 1. The van der Waals surface area contributed by atoms with Crippen molar-refractivity contribution in [3.8, 4) is 0 Å². The van der Waals surface area contributed by atoms with Gasteiger partial charge in [0.15, 0.2) is 5.76 Å². The molecule has 0 heterocycles. The Morgan fingerprint density at radius 3 is 2.58 bits per heavy atom. The molecule has 0 saturated carbocycles. The molecular weight excluding hydrogens is 242 g/mol. The first-order valence-electron chi connectivity index (χ1n) is 6.49. The smallest absolute Gasteiger partial charge is 0.394 e. The van der Waals surface area contributed by atoms with Crippen molar-refractivity contribution in [2.45, 2.75) is 26.2 Å². The first kappa shape index (κ1) is 15.2. The Balaban J connectivity index is 2.73. The number of rotatable bonds is 7. The van der Waals surface area contributed by atoms with E-state index in [2.05, 4.69) is 14.0 Å².